The lowest BCUT2D eigenvalue weighted by atomic mass is 10.2. The van der Waals surface area contributed by atoms with Crippen molar-refractivity contribution in [3.05, 3.63) is 48.3 Å². The van der Waals surface area contributed by atoms with Crippen LogP contribution in [0, 0.1) is 0 Å². The quantitative estimate of drug-likeness (QED) is 0.621. The first-order valence-corrected chi connectivity index (χ1v) is 8.51. The maximum atomic E-state index is 11.8. The van der Waals surface area contributed by atoms with Crippen molar-refractivity contribution in [3.63, 3.8) is 0 Å². The third-order valence-corrected chi connectivity index (χ3v) is 4.32. The van der Waals surface area contributed by atoms with Crippen molar-refractivity contribution in [1.29, 1.82) is 0 Å². The zero-order chi connectivity index (χ0) is 17.5. The topological polar surface area (TPSA) is 64.8 Å². The summed E-state index contributed by atoms with van der Waals surface area (Å²) >= 11 is 0. The predicted octanol–water partition coefficient (Wildman–Crippen LogP) is 3.14. The van der Waals surface area contributed by atoms with E-state index in [4.69, 9.17) is 9.47 Å². The van der Waals surface area contributed by atoms with Gasteiger partial charge in [-0.3, -0.25) is 4.79 Å². The number of hydrogen-bond donors (Lipinski definition) is 1. The Hall–Kier alpha value is -2.76. The summed E-state index contributed by atoms with van der Waals surface area (Å²) in [5.41, 5.74) is 3.45. The van der Waals surface area contributed by atoms with Gasteiger partial charge in [0.2, 0.25) is 0 Å². The average molecular weight is 341 g/mol. The normalized spacial score (nSPS) is 14.8. The molecule has 0 saturated heterocycles. The molecule has 1 saturated carbocycles. The van der Waals surface area contributed by atoms with E-state index in [0.717, 1.165) is 11.3 Å². The van der Waals surface area contributed by atoms with Crippen LogP contribution < -0.4 is 14.9 Å². The molecule has 1 aliphatic carbocycles. The van der Waals surface area contributed by atoms with Gasteiger partial charge in [0.25, 0.3) is 5.91 Å². The Labute approximate surface area is 147 Å². The molecule has 3 rings (SSSR count). The molecule has 0 radical (unpaired) electrons. The number of hydrazone groups is 1. The van der Waals surface area contributed by atoms with E-state index in [2.05, 4.69) is 27.5 Å². The molecule has 1 N–H and O–H groups in total. The smallest absolute Gasteiger partial charge is 0.277 e. The number of carbonyl (C=O) groups excluding carboxylic acids is 1. The molecule has 6 heteroatoms. The fourth-order valence-electron chi connectivity index (χ4n) is 2.97. The SMILES string of the molecule is COc1ccc(OCC(=O)N/N=C/c2ccn(C3CCCC3)c2)cc1. The Bertz CT molecular complexity index is 716. The highest BCUT2D eigenvalue weighted by atomic mass is 16.5. The van der Waals surface area contributed by atoms with Crippen molar-refractivity contribution in [2.75, 3.05) is 13.7 Å². The van der Waals surface area contributed by atoms with Gasteiger partial charge in [-0.05, 0) is 43.2 Å². The summed E-state index contributed by atoms with van der Waals surface area (Å²) in [6.07, 6.45) is 10.9. The minimum atomic E-state index is -0.303. The average Bonchev–Trinajstić information content (AvgIpc) is 3.32. The van der Waals surface area contributed by atoms with Crippen LogP contribution in [0.15, 0.2) is 47.8 Å². The Balaban J connectivity index is 1.42. The van der Waals surface area contributed by atoms with E-state index in [1.165, 1.54) is 25.7 Å². The van der Waals surface area contributed by atoms with Gasteiger partial charge in [0.05, 0.1) is 13.3 Å². The summed E-state index contributed by atoms with van der Waals surface area (Å²) in [6.45, 7) is -0.0905. The zero-order valence-corrected chi connectivity index (χ0v) is 14.4. The number of nitrogens with zero attached hydrogens (tertiary/aromatic N) is 2. The van der Waals surface area contributed by atoms with Crippen LogP contribution in [0.2, 0.25) is 0 Å². The number of benzene rings is 1. The van der Waals surface area contributed by atoms with Gasteiger partial charge in [0.15, 0.2) is 6.61 Å². The van der Waals surface area contributed by atoms with Crippen molar-refractivity contribution < 1.29 is 14.3 Å². The Kier molecular flexibility index (Phi) is 5.72. The molecule has 6 nitrogen and oxygen atoms in total. The number of aromatic nitrogens is 1. The van der Waals surface area contributed by atoms with E-state index in [1.54, 1.807) is 37.6 Å². The lowest BCUT2D eigenvalue weighted by Gasteiger charge is -2.10. The summed E-state index contributed by atoms with van der Waals surface area (Å²) in [7, 11) is 1.60. The Morgan fingerprint density at radius 3 is 2.68 bits per heavy atom. The van der Waals surface area contributed by atoms with Crippen molar-refractivity contribution in [2.45, 2.75) is 31.7 Å². The van der Waals surface area contributed by atoms with E-state index >= 15 is 0 Å². The molecule has 132 valence electrons. The van der Waals surface area contributed by atoms with E-state index in [9.17, 15) is 4.79 Å². The number of nitrogens with one attached hydrogen (secondary N) is 1. The molecule has 1 fully saturated rings. The summed E-state index contributed by atoms with van der Waals surface area (Å²) < 4.78 is 12.7. The molecule has 1 heterocycles. The highest BCUT2D eigenvalue weighted by molar-refractivity contribution is 5.82. The van der Waals surface area contributed by atoms with E-state index in [-0.39, 0.29) is 12.5 Å². The largest absolute Gasteiger partial charge is 0.497 e. The number of amides is 1. The molecule has 0 bridgehead atoms. The molecule has 0 unspecified atom stereocenters. The van der Waals surface area contributed by atoms with Gasteiger partial charge >= 0.3 is 0 Å². The van der Waals surface area contributed by atoms with Gasteiger partial charge in [0, 0.05) is 24.0 Å². The number of hydrogen-bond acceptors (Lipinski definition) is 4. The molecular formula is C19H23N3O3. The highest BCUT2D eigenvalue weighted by Gasteiger charge is 2.15. The second kappa shape index (κ2) is 8.37. The highest BCUT2D eigenvalue weighted by Crippen LogP contribution is 2.29. The number of rotatable bonds is 7. The number of carbonyl (C=O) groups is 1. The van der Waals surface area contributed by atoms with Crippen LogP contribution in [0.25, 0.3) is 0 Å². The Morgan fingerprint density at radius 1 is 1.24 bits per heavy atom. The second-order valence-electron chi connectivity index (χ2n) is 6.09. The molecule has 0 aliphatic heterocycles. The van der Waals surface area contributed by atoms with E-state index in [1.807, 2.05) is 6.07 Å². The predicted molar refractivity (Wildman–Crippen MR) is 96.2 cm³/mol. The summed E-state index contributed by atoms with van der Waals surface area (Å²) in [6, 6.07) is 9.67. The van der Waals surface area contributed by atoms with Crippen molar-refractivity contribution in [3.8, 4) is 11.5 Å². The van der Waals surface area contributed by atoms with Crippen LogP contribution in [0.4, 0.5) is 0 Å². The van der Waals surface area contributed by atoms with Gasteiger partial charge in [0.1, 0.15) is 11.5 Å². The zero-order valence-electron chi connectivity index (χ0n) is 14.4. The van der Waals surface area contributed by atoms with Crippen LogP contribution in [0.3, 0.4) is 0 Å². The van der Waals surface area contributed by atoms with E-state index < -0.39 is 0 Å². The monoisotopic (exact) mass is 341 g/mol. The van der Waals surface area contributed by atoms with Crippen molar-refractivity contribution in [2.24, 2.45) is 5.10 Å². The van der Waals surface area contributed by atoms with Crippen molar-refractivity contribution in [1.82, 2.24) is 9.99 Å². The van der Waals surface area contributed by atoms with Gasteiger partial charge < -0.3 is 14.0 Å². The molecule has 1 aromatic carbocycles. The van der Waals surface area contributed by atoms with E-state index in [0.29, 0.717) is 11.8 Å². The van der Waals surface area contributed by atoms with Crippen LogP contribution in [-0.2, 0) is 4.79 Å². The van der Waals surface area contributed by atoms with Gasteiger partial charge in [-0.2, -0.15) is 5.10 Å². The third kappa shape index (κ3) is 4.86. The maximum Gasteiger partial charge on any atom is 0.277 e. The molecule has 1 aromatic heterocycles. The third-order valence-electron chi connectivity index (χ3n) is 4.32. The van der Waals surface area contributed by atoms with Crippen LogP contribution in [0.1, 0.15) is 37.3 Å². The first kappa shape index (κ1) is 17.1. The molecule has 0 spiro atoms. The number of ether oxygens (including phenoxy) is 2. The summed E-state index contributed by atoms with van der Waals surface area (Å²) in [4.78, 5) is 11.8. The molecule has 1 aliphatic rings. The minimum Gasteiger partial charge on any atom is -0.497 e. The van der Waals surface area contributed by atoms with Gasteiger partial charge in [-0.1, -0.05) is 12.8 Å². The standard InChI is InChI=1S/C19H23N3O3/c1-24-17-6-8-18(9-7-17)25-14-19(23)21-20-12-15-10-11-22(13-15)16-4-2-3-5-16/h6-13,16H,2-5,14H2,1H3,(H,21,23)/b20-12+. The summed E-state index contributed by atoms with van der Waals surface area (Å²) in [5.74, 6) is 1.04. The first-order chi connectivity index (χ1) is 12.2. The molecule has 25 heavy (non-hydrogen) atoms. The molecule has 2 aromatic rings. The fourth-order valence-corrected chi connectivity index (χ4v) is 2.97. The minimum absolute atomic E-state index is 0.0905. The van der Waals surface area contributed by atoms with Crippen LogP contribution in [0.5, 0.6) is 11.5 Å². The Morgan fingerprint density at radius 2 is 1.96 bits per heavy atom. The lowest BCUT2D eigenvalue weighted by molar-refractivity contribution is -0.123. The van der Waals surface area contributed by atoms with Gasteiger partial charge in [-0.25, -0.2) is 5.43 Å². The molecule has 1 amide bonds. The summed E-state index contributed by atoms with van der Waals surface area (Å²) in [5, 5.41) is 3.98. The van der Waals surface area contributed by atoms with Gasteiger partial charge in [-0.15, -0.1) is 0 Å². The second-order valence-corrected chi connectivity index (χ2v) is 6.09. The van der Waals surface area contributed by atoms with Crippen molar-refractivity contribution >= 4 is 12.1 Å². The lowest BCUT2D eigenvalue weighted by Crippen LogP contribution is -2.24. The molecule has 0 atom stereocenters. The van der Waals surface area contributed by atoms with Crippen LogP contribution >= 0.6 is 0 Å². The van der Waals surface area contributed by atoms with Crippen LogP contribution in [-0.4, -0.2) is 30.4 Å². The molecular weight excluding hydrogens is 318 g/mol. The first-order valence-electron chi connectivity index (χ1n) is 8.51. The fraction of sp³-hybridized carbons (Fsp3) is 0.368. The number of methoxy groups -OCH3 is 1. The maximum absolute atomic E-state index is 11.8.